The van der Waals surface area contributed by atoms with Gasteiger partial charge >= 0.3 is 0 Å². The number of nitrogens with one attached hydrogen (secondary N) is 2. The highest BCUT2D eigenvalue weighted by atomic mass is 32.2. The Bertz CT molecular complexity index is 757. The number of aliphatic imine (C=N–C) groups is 1. The van der Waals surface area contributed by atoms with Crippen LogP contribution in [0.2, 0.25) is 0 Å². The molecule has 0 spiro atoms. The zero-order valence-corrected chi connectivity index (χ0v) is 17.3. The first-order valence-corrected chi connectivity index (χ1v) is 11.9. The molecule has 1 aromatic rings. The van der Waals surface area contributed by atoms with Crippen molar-refractivity contribution in [3.63, 3.8) is 0 Å². The van der Waals surface area contributed by atoms with Crippen LogP contribution in [0.1, 0.15) is 57.8 Å². The Morgan fingerprint density at radius 3 is 2.29 bits per heavy atom. The lowest BCUT2D eigenvalue weighted by atomic mass is 9.89. The third-order valence-corrected chi connectivity index (χ3v) is 6.75. The summed E-state index contributed by atoms with van der Waals surface area (Å²) >= 11 is 0. The molecule has 0 bridgehead atoms. The Labute approximate surface area is 168 Å². The number of anilines is 1. The first-order chi connectivity index (χ1) is 13.4. The molecule has 28 heavy (non-hydrogen) atoms. The van der Waals surface area contributed by atoms with Crippen LogP contribution < -0.4 is 21.5 Å². The Morgan fingerprint density at radius 2 is 1.64 bits per heavy atom. The lowest BCUT2D eigenvalue weighted by Gasteiger charge is -2.31. The minimum absolute atomic E-state index is 0.0982. The molecule has 1 aromatic carbocycles. The fourth-order valence-electron chi connectivity index (χ4n) is 4.09. The first kappa shape index (κ1) is 21.1. The van der Waals surface area contributed by atoms with Gasteiger partial charge in [0.25, 0.3) is 0 Å². The van der Waals surface area contributed by atoms with Crippen molar-refractivity contribution in [3.8, 4) is 0 Å². The molecule has 0 unspecified atom stereocenters. The number of rotatable bonds is 5. The zero-order valence-electron chi connectivity index (χ0n) is 16.4. The molecule has 2 fully saturated rings. The maximum atomic E-state index is 11.5. The number of guanidine groups is 1. The molecule has 6 N–H and O–H groups in total. The Kier molecular flexibility index (Phi) is 7.31. The molecule has 0 radical (unpaired) electrons. The largest absolute Gasteiger partial charge is 0.352 e. The Hall–Kier alpha value is -1.64. The highest BCUT2D eigenvalue weighted by Crippen LogP contribution is 2.24. The molecule has 8 heteroatoms. The number of benzene rings is 1. The molecule has 7 nitrogen and oxygen atoms in total. The minimum atomic E-state index is -3.69. The van der Waals surface area contributed by atoms with Crippen LogP contribution in [0.5, 0.6) is 0 Å². The average molecular weight is 408 g/mol. The lowest BCUT2D eigenvalue weighted by Crippen LogP contribution is -2.51. The van der Waals surface area contributed by atoms with Crippen molar-refractivity contribution >= 4 is 21.7 Å². The van der Waals surface area contributed by atoms with Gasteiger partial charge in [-0.1, -0.05) is 32.1 Å². The summed E-state index contributed by atoms with van der Waals surface area (Å²) in [6, 6.07) is 6.75. The van der Waals surface area contributed by atoms with Crippen molar-refractivity contribution in [1.29, 1.82) is 0 Å². The van der Waals surface area contributed by atoms with Crippen molar-refractivity contribution in [2.75, 3.05) is 11.9 Å². The molecule has 0 saturated heterocycles. The fourth-order valence-corrected chi connectivity index (χ4v) is 4.61. The lowest BCUT2D eigenvalue weighted by molar-refractivity contribution is 0.356. The van der Waals surface area contributed by atoms with Crippen molar-refractivity contribution in [2.24, 2.45) is 21.8 Å². The van der Waals surface area contributed by atoms with E-state index in [9.17, 15) is 8.42 Å². The standard InChI is InChI=1S/C20H33N5O2S/c21-18-8-4-5-9-19(18)25-20(23-14-15-6-2-1-3-7-15)24-16-10-12-17(13-11-16)28(22,26)27/h10-13,15,18-19H,1-9,14,21H2,(H2,22,26,27)(H2,23,24,25)/t18-,19-/m0/s1. The van der Waals surface area contributed by atoms with E-state index in [1.807, 2.05) is 0 Å². The summed E-state index contributed by atoms with van der Waals surface area (Å²) in [6.07, 6.45) is 10.8. The average Bonchev–Trinajstić information content (AvgIpc) is 2.68. The fraction of sp³-hybridized carbons (Fsp3) is 0.650. The van der Waals surface area contributed by atoms with Crippen LogP contribution in [0.25, 0.3) is 0 Å². The van der Waals surface area contributed by atoms with E-state index in [1.165, 1.54) is 57.1 Å². The van der Waals surface area contributed by atoms with Gasteiger partial charge < -0.3 is 16.4 Å². The maximum Gasteiger partial charge on any atom is 0.238 e. The van der Waals surface area contributed by atoms with Crippen LogP contribution in [-0.2, 0) is 10.0 Å². The minimum Gasteiger partial charge on any atom is -0.352 e. The van der Waals surface area contributed by atoms with E-state index in [2.05, 4.69) is 10.6 Å². The second-order valence-electron chi connectivity index (χ2n) is 8.09. The molecule has 2 aliphatic rings. The maximum absolute atomic E-state index is 11.5. The van der Waals surface area contributed by atoms with Crippen LogP contribution in [0.4, 0.5) is 5.69 Å². The highest BCUT2D eigenvalue weighted by molar-refractivity contribution is 7.89. The molecular weight excluding hydrogens is 374 g/mol. The van der Waals surface area contributed by atoms with Gasteiger partial charge in [-0.25, -0.2) is 13.6 Å². The molecule has 0 heterocycles. The number of hydrogen-bond donors (Lipinski definition) is 4. The van der Waals surface area contributed by atoms with Gasteiger partial charge in [-0.3, -0.25) is 4.99 Å². The smallest absolute Gasteiger partial charge is 0.238 e. The summed E-state index contributed by atoms with van der Waals surface area (Å²) in [5.74, 6) is 1.36. The van der Waals surface area contributed by atoms with Crippen molar-refractivity contribution < 1.29 is 8.42 Å². The normalized spacial score (nSPS) is 24.7. The molecule has 156 valence electrons. The molecule has 3 rings (SSSR count). The van der Waals surface area contributed by atoms with Crippen LogP contribution >= 0.6 is 0 Å². The van der Waals surface area contributed by atoms with Gasteiger partial charge in [0.05, 0.1) is 4.90 Å². The van der Waals surface area contributed by atoms with E-state index >= 15 is 0 Å². The zero-order chi connectivity index (χ0) is 20.0. The second kappa shape index (κ2) is 9.71. The number of nitrogens with two attached hydrogens (primary N) is 2. The van der Waals surface area contributed by atoms with Gasteiger partial charge in [-0.05, 0) is 55.9 Å². The molecule has 2 atom stereocenters. The topological polar surface area (TPSA) is 123 Å². The van der Waals surface area contributed by atoms with Crippen LogP contribution in [0, 0.1) is 5.92 Å². The summed E-state index contributed by atoms with van der Waals surface area (Å²) in [5.41, 5.74) is 7.07. The van der Waals surface area contributed by atoms with Gasteiger partial charge in [0.2, 0.25) is 10.0 Å². The predicted molar refractivity (Wildman–Crippen MR) is 114 cm³/mol. The van der Waals surface area contributed by atoms with E-state index in [1.54, 1.807) is 12.1 Å². The molecule has 0 aliphatic heterocycles. The number of nitrogens with zero attached hydrogens (tertiary/aromatic N) is 1. The highest BCUT2D eigenvalue weighted by Gasteiger charge is 2.23. The number of hydrogen-bond acceptors (Lipinski definition) is 4. The van der Waals surface area contributed by atoms with E-state index in [4.69, 9.17) is 15.9 Å². The summed E-state index contributed by atoms with van der Waals surface area (Å²) in [6.45, 7) is 0.798. The summed E-state index contributed by atoms with van der Waals surface area (Å²) < 4.78 is 22.9. The molecule has 0 amide bonds. The van der Waals surface area contributed by atoms with Gasteiger partial charge in [-0.15, -0.1) is 0 Å². The summed E-state index contributed by atoms with van der Waals surface area (Å²) in [5, 5.41) is 12.0. The number of primary sulfonamides is 1. The van der Waals surface area contributed by atoms with Crippen molar-refractivity contribution in [3.05, 3.63) is 24.3 Å². The monoisotopic (exact) mass is 407 g/mol. The summed E-state index contributed by atoms with van der Waals surface area (Å²) in [4.78, 5) is 4.94. The SMILES string of the molecule is N[C@H]1CCCC[C@@H]1NC(=NCC1CCCCC1)Nc1ccc(S(N)(=O)=O)cc1. The van der Waals surface area contributed by atoms with Crippen LogP contribution in [0.15, 0.2) is 34.2 Å². The second-order valence-corrected chi connectivity index (χ2v) is 9.65. The third kappa shape index (κ3) is 6.18. The van der Waals surface area contributed by atoms with Gasteiger partial charge in [0, 0.05) is 24.3 Å². The molecule has 0 aromatic heterocycles. The van der Waals surface area contributed by atoms with E-state index in [0.717, 1.165) is 31.0 Å². The van der Waals surface area contributed by atoms with Crippen molar-refractivity contribution in [1.82, 2.24) is 5.32 Å². The Balaban J connectivity index is 1.70. The Morgan fingerprint density at radius 1 is 1.00 bits per heavy atom. The van der Waals surface area contributed by atoms with Crippen LogP contribution in [-0.4, -0.2) is 33.0 Å². The van der Waals surface area contributed by atoms with E-state index < -0.39 is 10.0 Å². The van der Waals surface area contributed by atoms with E-state index in [-0.39, 0.29) is 17.0 Å². The number of sulfonamides is 1. The van der Waals surface area contributed by atoms with Gasteiger partial charge in [0.1, 0.15) is 0 Å². The predicted octanol–water partition coefficient (Wildman–Crippen LogP) is 2.54. The molecule has 2 aliphatic carbocycles. The quantitative estimate of drug-likeness (QED) is 0.441. The molecule has 2 saturated carbocycles. The van der Waals surface area contributed by atoms with Crippen molar-refractivity contribution in [2.45, 2.75) is 74.8 Å². The van der Waals surface area contributed by atoms with Gasteiger partial charge in [-0.2, -0.15) is 0 Å². The summed E-state index contributed by atoms with van der Waals surface area (Å²) in [7, 11) is -3.69. The molecular formula is C20H33N5O2S. The van der Waals surface area contributed by atoms with Gasteiger partial charge in [0.15, 0.2) is 5.96 Å². The van der Waals surface area contributed by atoms with E-state index in [0.29, 0.717) is 5.92 Å². The van der Waals surface area contributed by atoms with Crippen LogP contribution in [0.3, 0.4) is 0 Å². The third-order valence-electron chi connectivity index (χ3n) is 5.82. The first-order valence-electron chi connectivity index (χ1n) is 10.4.